The van der Waals surface area contributed by atoms with Gasteiger partial charge >= 0.3 is 18.1 Å². The monoisotopic (exact) mass is 437 g/mol. The maximum absolute atomic E-state index is 14.7. The molecule has 0 bridgehead atoms. The van der Waals surface area contributed by atoms with Gasteiger partial charge in [0.1, 0.15) is 0 Å². The first kappa shape index (κ1) is 19.3. The lowest BCUT2D eigenvalue weighted by atomic mass is 10.3. The summed E-state index contributed by atoms with van der Waals surface area (Å²) in [6.45, 7) is 1.77. The van der Waals surface area contributed by atoms with Crippen LogP contribution in [0.1, 0.15) is 0 Å². The molecule has 3 amide bonds. The van der Waals surface area contributed by atoms with Gasteiger partial charge in [-0.2, -0.15) is 0 Å². The van der Waals surface area contributed by atoms with Gasteiger partial charge in [-0.05, 0) is 11.1 Å². The summed E-state index contributed by atoms with van der Waals surface area (Å²) < 4.78 is 17.5. The minimum absolute atomic E-state index is 0.0534. The van der Waals surface area contributed by atoms with Crippen LogP contribution in [-0.2, 0) is 9.53 Å². The highest BCUT2D eigenvalue weighted by molar-refractivity contribution is 6.68. The topological polar surface area (TPSA) is 52.9 Å². The van der Waals surface area contributed by atoms with Gasteiger partial charge in [0.25, 0.3) is 0 Å². The lowest BCUT2D eigenvalue weighted by Gasteiger charge is -2.38. The number of imide groups is 1. The Morgan fingerprint density at radius 3 is 2.44 bits per heavy atom. The van der Waals surface area contributed by atoms with E-state index in [4.69, 9.17) is 39.5 Å². The summed E-state index contributed by atoms with van der Waals surface area (Å²) in [4.78, 5) is 28.6. The van der Waals surface area contributed by atoms with Crippen LogP contribution in [0.15, 0.2) is 24.3 Å². The average Bonchev–Trinajstić information content (AvgIpc) is 3.24. The third-order valence-electron chi connectivity index (χ3n) is 5.20. The van der Waals surface area contributed by atoms with Gasteiger partial charge in [0.15, 0.2) is 17.7 Å². The Labute approximate surface area is 170 Å². The van der Waals surface area contributed by atoms with Crippen LogP contribution in [0.4, 0.5) is 14.9 Å². The Morgan fingerprint density at radius 2 is 1.85 bits per heavy atom. The van der Waals surface area contributed by atoms with Crippen molar-refractivity contribution in [2.24, 2.45) is 0 Å². The maximum atomic E-state index is 14.7. The summed E-state index contributed by atoms with van der Waals surface area (Å²) in [7, 11) is 1.37. The zero-order valence-corrected chi connectivity index (χ0v) is 16.6. The van der Waals surface area contributed by atoms with Gasteiger partial charge in [0.2, 0.25) is 3.79 Å². The molecule has 3 aliphatic heterocycles. The molecule has 4 rings (SSSR count). The van der Waals surface area contributed by atoms with Crippen LogP contribution in [0.25, 0.3) is 0 Å². The number of benzene rings is 1. The molecule has 3 fully saturated rings. The van der Waals surface area contributed by atoms with E-state index in [-0.39, 0.29) is 5.69 Å². The first-order valence-corrected chi connectivity index (χ1v) is 9.49. The van der Waals surface area contributed by atoms with Gasteiger partial charge in [-0.3, -0.25) is 9.69 Å². The summed E-state index contributed by atoms with van der Waals surface area (Å²) in [5, 5.41) is 1.47. The maximum Gasteiger partial charge on any atom is 0.452 e. The number of hydrogen-bond acceptors (Lipinski definition) is 5. The second-order valence-electron chi connectivity index (χ2n) is 6.63. The smallest absolute Gasteiger partial charge is 0.379 e. The number of morpholine rings is 1. The third kappa shape index (κ3) is 2.70. The van der Waals surface area contributed by atoms with Crippen LogP contribution >= 0.6 is 34.8 Å². The van der Waals surface area contributed by atoms with E-state index in [9.17, 15) is 14.0 Å². The average molecular weight is 439 g/mol. The number of likely N-dealkylation sites (N-methyl/N-ethyl adjacent to an activating group) is 1. The first-order valence-electron chi connectivity index (χ1n) is 8.35. The minimum atomic E-state index is -1.84. The van der Waals surface area contributed by atoms with Crippen molar-refractivity contribution in [3.8, 4) is 0 Å². The fourth-order valence-electron chi connectivity index (χ4n) is 3.99. The molecule has 4 unspecified atom stereocenters. The van der Waals surface area contributed by atoms with Crippen LogP contribution in [0.5, 0.6) is 0 Å². The van der Waals surface area contributed by atoms with Gasteiger partial charge in [-0.1, -0.05) is 51.5 Å². The van der Waals surface area contributed by atoms with Crippen LogP contribution in [0, 0.1) is 5.82 Å². The second kappa shape index (κ2) is 6.52. The van der Waals surface area contributed by atoms with Crippen molar-refractivity contribution < 1.29 is 18.7 Å². The molecule has 0 aliphatic carbocycles. The summed E-state index contributed by atoms with van der Waals surface area (Å²) in [6, 6.07) is 5.25. The number of rotatable bonds is 3. The highest BCUT2D eigenvalue weighted by atomic mass is 35.6. The molecule has 0 N–H and O–H groups in total. The zero-order chi connectivity index (χ0) is 19.6. The van der Waals surface area contributed by atoms with Gasteiger partial charge < -0.3 is 4.74 Å². The summed E-state index contributed by atoms with van der Waals surface area (Å²) in [6.07, 6.45) is -1.87. The number of hydrogen-bond donors (Lipinski definition) is 0. The Balaban J connectivity index is 1.83. The molecule has 3 aliphatic rings. The molecule has 3 heterocycles. The van der Waals surface area contributed by atoms with Crippen molar-refractivity contribution in [2.75, 3.05) is 33.4 Å². The lowest BCUT2D eigenvalue weighted by molar-refractivity contribution is -0.127. The molecule has 0 radical (unpaired) electrons. The van der Waals surface area contributed by atoms with E-state index in [0.717, 1.165) is 4.90 Å². The number of quaternary nitrogens is 1. The summed E-state index contributed by atoms with van der Waals surface area (Å²) in [5.41, 5.74) is 0.0534. The van der Waals surface area contributed by atoms with Gasteiger partial charge in [0.05, 0.1) is 13.2 Å². The second-order valence-corrected chi connectivity index (χ2v) is 9.00. The quantitative estimate of drug-likeness (QED) is 0.314. The van der Waals surface area contributed by atoms with Crippen LogP contribution in [0.3, 0.4) is 0 Å². The van der Waals surface area contributed by atoms with Crippen molar-refractivity contribution in [3.63, 3.8) is 0 Å². The van der Waals surface area contributed by atoms with Crippen LogP contribution < -0.4 is 4.59 Å². The highest BCUT2D eigenvalue weighted by Crippen LogP contribution is 2.55. The van der Waals surface area contributed by atoms with Crippen molar-refractivity contribution in [1.29, 1.82) is 0 Å². The molecule has 0 aromatic heterocycles. The van der Waals surface area contributed by atoms with Gasteiger partial charge in [-0.15, -0.1) is 0 Å². The molecule has 146 valence electrons. The Morgan fingerprint density at radius 1 is 1.22 bits per heavy atom. The standard InChI is InChI=1S/C16H17Cl3FN4O3/c1-21-13(25)12-23(14(16(17,18)19)22-6-8-27-9-7-22)24(12,15(21)26)11-5-3-2-4-10(11)20/h2-5,12,14H,6-9H2,1H3/q+1. The summed E-state index contributed by atoms with van der Waals surface area (Å²) >= 11 is 18.8. The van der Waals surface area contributed by atoms with E-state index < -0.39 is 38.5 Å². The predicted octanol–water partition coefficient (Wildman–Crippen LogP) is 2.31. The number of fused-ring (bicyclic) bond motifs is 1. The minimum Gasteiger partial charge on any atom is -0.379 e. The van der Waals surface area contributed by atoms with Crippen molar-refractivity contribution in [2.45, 2.75) is 16.1 Å². The molecular weight excluding hydrogens is 422 g/mol. The van der Waals surface area contributed by atoms with Crippen LogP contribution in [0.2, 0.25) is 0 Å². The number of para-hydroxylation sites is 1. The van der Waals surface area contributed by atoms with Crippen molar-refractivity contribution in [1.82, 2.24) is 19.4 Å². The fourth-order valence-corrected chi connectivity index (χ4v) is 4.70. The van der Waals surface area contributed by atoms with Crippen LogP contribution in [-0.4, -0.2) is 76.2 Å². The number of urea groups is 1. The highest BCUT2D eigenvalue weighted by Gasteiger charge is 2.87. The van der Waals surface area contributed by atoms with E-state index in [1.54, 1.807) is 6.07 Å². The summed E-state index contributed by atoms with van der Waals surface area (Å²) in [5.74, 6) is -1.07. The number of nitrogens with zero attached hydrogens (tertiary/aromatic N) is 4. The molecule has 11 heteroatoms. The lowest BCUT2D eigenvalue weighted by Crippen LogP contribution is -2.59. The molecule has 7 nitrogen and oxygen atoms in total. The molecule has 0 spiro atoms. The Hall–Kier alpha value is -1.00. The first-order chi connectivity index (χ1) is 12.7. The molecule has 1 aromatic carbocycles. The van der Waals surface area contributed by atoms with E-state index in [0.29, 0.717) is 26.3 Å². The largest absolute Gasteiger partial charge is 0.452 e. The van der Waals surface area contributed by atoms with E-state index in [1.807, 2.05) is 4.90 Å². The third-order valence-corrected chi connectivity index (χ3v) is 5.78. The Kier molecular flexibility index (Phi) is 4.67. The number of carbonyl (C=O) groups excluding carboxylic acids is 2. The molecule has 27 heavy (non-hydrogen) atoms. The van der Waals surface area contributed by atoms with Crippen molar-refractivity contribution in [3.05, 3.63) is 30.1 Å². The normalized spacial score (nSPS) is 32.6. The number of halogens is 4. The molecule has 0 saturated carbocycles. The molecular formula is C16H17Cl3FN4O3+. The number of ether oxygens (including phenoxy) is 1. The van der Waals surface area contributed by atoms with Gasteiger partial charge in [0, 0.05) is 26.2 Å². The van der Waals surface area contributed by atoms with E-state index >= 15 is 0 Å². The zero-order valence-electron chi connectivity index (χ0n) is 14.3. The number of alkyl halides is 3. The fraction of sp³-hybridized carbons (Fsp3) is 0.500. The predicted molar refractivity (Wildman–Crippen MR) is 98.5 cm³/mol. The molecule has 4 atom stereocenters. The van der Waals surface area contributed by atoms with Crippen molar-refractivity contribution >= 4 is 52.4 Å². The SMILES string of the molecule is CN1C(=O)C2N(C(N3CCOCC3)C(Cl)(Cl)Cl)[N+]2(c2ccccc2F)C1=O. The van der Waals surface area contributed by atoms with Gasteiger partial charge in [-0.25, -0.2) is 14.1 Å². The van der Waals surface area contributed by atoms with E-state index in [2.05, 4.69) is 0 Å². The number of carbonyl (C=O) groups is 2. The Bertz CT molecular complexity index is 801. The molecule has 1 aromatic rings. The number of amides is 3. The molecule has 3 saturated heterocycles. The van der Waals surface area contributed by atoms with E-state index in [1.165, 1.54) is 30.3 Å².